The predicted octanol–water partition coefficient (Wildman–Crippen LogP) is 1.66. The molecule has 0 atom stereocenters. The van der Waals surface area contributed by atoms with Crippen LogP contribution in [0.2, 0.25) is 0 Å². The Morgan fingerprint density at radius 2 is 1.82 bits per heavy atom. The average molecular weight is 362 g/mol. The molecule has 0 aliphatic carbocycles. The van der Waals surface area contributed by atoms with Gasteiger partial charge in [0.2, 0.25) is 15.9 Å². The van der Waals surface area contributed by atoms with E-state index in [1.165, 1.54) is 7.05 Å². The van der Waals surface area contributed by atoms with Crippen LogP contribution in [0.3, 0.4) is 0 Å². The van der Waals surface area contributed by atoms with Crippen molar-refractivity contribution in [1.29, 1.82) is 0 Å². The van der Waals surface area contributed by atoms with Gasteiger partial charge in [0.05, 0.1) is 29.7 Å². The summed E-state index contributed by atoms with van der Waals surface area (Å²) in [6.07, 6.45) is -3.75. The van der Waals surface area contributed by atoms with E-state index in [-0.39, 0.29) is 30.3 Å². The topological polar surface area (TPSA) is 87.3 Å². The van der Waals surface area contributed by atoms with Crippen molar-refractivity contribution in [1.82, 2.24) is 5.32 Å². The summed E-state index contributed by atoms with van der Waals surface area (Å²) < 4.78 is 62.4. The molecular formula is C11H15ClF3N3O3S. The molecule has 0 aromatic heterocycles. The number of likely N-dealkylation sites (N-methyl/N-ethyl adjacent to an activating group) is 1. The van der Waals surface area contributed by atoms with Gasteiger partial charge in [-0.25, -0.2) is 8.42 Å². The number of sulfonamides is 1. The molecule has 22 heavy (non-hydrogen) atoms. The highest BCUT2D eigenvalue weighted by Crippen LogP contribution is 2.34. The van der Waals surface area contributed by atoms with Crippen molar-refractivity contribution < 1.29 is 26.4 Å². The first kappa shape index (κ1) is 20.5. The molecule has 1 aromatic carbocycles. The second-order valence-corrected chi connectivity index (χ2v) is 5.96. The third kappa shape index (κ3) is 6.50. The first-order valence-corrected chi connectivity index (χ1v) is 7.55. The van der Waals surface area contributed by atoms with Crippen LogP contribution in [0.1, 0.15) is 5.56 Å². The quantitative estimate of drug-likeness (QED) is 0.744. The Bertz CT molecular complexity index is 635. The molecule has 11 heteroatoms. The number of benzene rings is 1. The number of carbonyl (C=O) groups excluding carboxylic acids is 1. The maximum absolute atomic E-state index is 12.7. The Hall–Kier alpha value is -1.52. The lowest BCUT2D eigenvalue weighted by atomic mass is 10.1. The molecule has 3 N–H and O–H groups in total. The van der Waals surface area contributed by atoms with Crippen molar-refractivity contribution in [3.05, 3.63) is 23.8 Å². The van der Waals surface area contributed by atoms with Crippen LogP contribution in [0, 0.1) is 0 Å². The zero-order chi connectivity index (χ0) is 16.3. The maximum Gasteiger partial charge on any atom is 0.416 e. The van der Waals surface area contributed by atoms with Crippen molar-refractivity contribution in [3.8, 4) is 0 Å². The predicted molar refractivity (Wildman–Crippen MR) is 79.7 cm³/mol. The SMILES string of the molecule is CNCC(=O)Nc1cc(C(F)(F)F)ccc1NS(C)(=O)=O.Cl. The highest BCUT2D eigenvalue weighted by atomic mass is 35.5. The van der Waals surface area contributed by atoms with Gasteiger partial charge in [-0.15, -0.1) is 12.4 Å². The second-order valence-electron chi connectivity index (χ2n) is 4.21. The number of carbonyl (C=O) groups is 1. The number of alkyl halides is 3. The number of hydrogen-bond donors (Lipinski definition) is 3. The van der Waals surface area contributed by atoms with E-state index in [4.69, 9.17) is 0 Å². The van der Waals surface area contributed by atoms with Gasteiger partial charge in [0.15, 0.2) is 0 Å². The van der Waals surface area contributed by atoms with Crippen LogP contribution in [0.5, 0.6) is 0 Å². The first-order valence-electron chi connectivity index (χ1n) is 5.66. The summed E-state index contributed by atoms with van der Waals surface area (Å²) in [6.45, 7) is -0.130. The van der Waals surface area contributed by atoms with Crippen molar-refractivity contribution in [2.24, 2.45) is 0 Å². The third-order valence-corrected chi connectivity index (χ3v) is 2.84. The lowest BCUT2D eigenvalue weighted by Crippen LogP contribution is -2.26. The van der Waals surface area contributed by atoms with E-state index in [9.17, 15) is 26.4 Å². The molecule has 0 fully saturated rings. The summed E-state index contributed by atoms with van der Waals surface area (Å²) in [4.78, 5) is 11.5. The zero-order valence-electron chi connectivity index (χ0n) is 11.6. The molecule has 0 aliphatic heterocycles. The van der Waals surface area contributed by atoms with Crippen molar-refractivity contribution in [2.45, 2.75) is 6.18 Å². The molecule has 1 aromatic rings. The van der Waals surface area contributed by atoms with Gasteiger partial charge < -0.3 is 10.6 Å². The highest BCUT2D eigenvalue weighted by Gasteiger charge is 2.31. The van der Waals surface area contributed by atoms with Gasteiger partial charge in [0.25, 0.3) is 0 Å². The van der Waals surface area contributed by atoms with E-state index in [2.05, 4.69) is 10.6 Å². The number of nitrogens with one attached hydrogen (secondary N) is 3. The monoisotopic (exact) mass is 361 g/mol. The number of halogens is 4. The molecule has 0 saturated carbocycles. The molecule has 126 valence electrons. The third-order valence-electron chi connectivity index (χ3n) is 2.25. The Kier molecular flexibility index (Phi) is 7.13. The summed E-state index contributed by atoms with van der Waals surface area (Å²) in [7, 11) is -2.21. The average Bonchev–Trinajstić information content (AvgIpc) is 2.28. The summed E-state index contributed by atoms with van der Waals surface area (Å²) in [6, 6.07) is 2.33. The molecule has 0 heterocycles. The van der Waals surface area contributed by atoms with E-state index in [1.807, 2.05) is 4.72 Å². The Morgan fingerprint density at radius 3 is 2.27 bits per heavy atom. The number of rotatable bonds is 5. The van der Waals surface area contributed by atoms with Crippen LogP contribution in [0.25, 0.3) is 0 Å². The van der Waals surface area contributed by atoms with Crippen LogP contribution in [0.4, 0.5) is 24.5 Å². The van der Waals surface area contributed by atoms with Gasteiger partial charge in [-0.05, 0) is 25.2 Å². The summed E-state index contributed by atoms with van der Waals surface area (Å²) >= 11 is 0. The number of hydrogen-bond acceptors (Lipinski definition) is 4. The number of anilines is 2. The van der Waals surface area contributed by atoms with E-state index >= 15 is 0 Å². The molecule has 0 radical (unpaired) electrons. The molecule has 0 aliphatic rings. The Balaban J connectivity index is 0.00000441. The minimum atomic E-state index is -4.61. The highest BCUT2D eigenvalue weighted by molar-refractivity contribution is 7.92. The summed E-state index contributed by atoms with van der Waals surface area (Å²) in [5, 5.41) is 4.75. The van der Waals surface area contributed by atoms with Gasteiger partial charge in [-0.2, -0.15) is 13.2 Å². The Morgan fingerprint density at radius 1 is 1.23 bits per heavy atom. The largest absolute Gasteiger partial charge is 0.416 e. The van der Waals surface area contributed by atoms with E-state index in [1.54, 1.807) is 0 Å². The van der Waals surface area contributed by atoms with Gasteiger partial charge >= 0.3 is 6.18 Å². The van der Waals surface area contributed by atoms with E-state index < -0.39 is 27.7 Å². The van der Waals surface area contributed by atoms with Crippen molar-refractivity contribution >= 4 is 39.7 Å². The fraction of sp³-hybridized carbons (Fsp3) is 0.364. The van der Waals surface area contributed by atoms with E-state index in [0.29, 0.717) is 6.07 Å². The Labute approximate surface area is 131 Å². The lowest BCUT2D eigenvalue weighted by molar-refractivity contribution is -0.137. The summed E-state index contributed by atoms with van der Waals surface area (Å²) in [5.74, 6) is -0.603. The fourth-order valence-electron chi connectivity index (χ4n) is 1.47. The smallest absolute Gasteiger partial charge is 0.323 e. The lowest BCUT2D eigenvalue weighted by Gasteiger charge is -2.15. The van der Waals surface area contributed by atoms with Crippen LogP contribution >= 0.6 is 12.4 Å². The van der Waals surface area contributed by atoms with Gasteiger partial charge in [-0.1, -0.05) is 0 Å². The molecule has 6 nitrogen and oxygen atoms in total. The molecule has 0 unspecified atom stereocenters. The molecule has 0 bridgehead atoms. The van der Waals surface area contributed by atoms with Crippen LogP contribution < -0.4 is 15.4 Å². The van der Waals surface area contributed by atoms with Crippen molar-refractivity contribution in [3.63, 3.8) is 0 Å². The minimum Gasteiger partial charge on any atom is -0.323 e. The van der Waals surface area contributed by atoms with Gasteiger partial charge in [0.1, 0.15) is 0 Å². The molecule has 0 saturated heterocycles. The van der Waals surface area contributed by atoms with Gasteiger partial charge in [0, 0.05) is 0 Å². The minimum absolute atomic E-state index is 0. The van der Waals surface area contributed by atoms with Gasteiger partial charge in [-0.3, -0.25) is 9.52 Å². The maximum atomic E-state index is 12.7. The molecule has 1 rings (SSSR count). The zero-order valence-corrected chi connectivity index (χ0v) is 13.2. The van der Waals surface area contributed by atoms with Crippen LogP contribution in [-0.4, -0.2) is 34.2 Å². The summed E-state index contributed by atoms with van der Waals surface area (Å²) in [5.41, 5.74) is -1.41. The molecular weight excluding hydrogens is 347 g/mol. The normalized spacial score (nSPS) is 11.5. The molecule has 0 spiro atoms. The standard InChI is InChI=1S/C11H14F3N3O3S.ClH/c1-15-6-10(18)16-9-5-7(11(12,13)14)3-4-8(9)17-21(2,19)20;/h3-5,15,17H,6H2,1-2H3,(H,16,18);1H. The van der Waals surface area contributed by atoms with E-state index in [0.717, 1.165) is 18.4 Å². The van der Waals surface area contributed by atoms with Crippen LogP contribution in [-0.2, 0) is 21.0 Å². The van der Waals surface area contributed by atoms with Crippen molar-refractivity contribution in [2.75, 3.05) is 29.9 Å². The fourth-order valence-corrected chi connectivity index (χ4v) is 2.05. The second kappa shape index (κ2) is 7.65. The van der Waals surface area contributed by atoms with Crippen LogP contribution in [0.15, 0.2) is 18.2 Å². The molecule has 1 amide bonds. The first-order chi connectivity index (χ1) is 9.53. The number of amides is 1.